The van der Waals surface area contributed by atoms with Crippen LogP contribution in [0, 0.1) is 25.7 Å². The molecule has 0 spiro atoms. The highest BCUT2D eigenvalue weighted by Crippen LogP contribution is 2.29. The van der Waals surface area contributed by atoms with Crippen LogP contribution in [-0.2, 0) is 19.6 Å². The Morgan fingerprint density at radius 1 is 1.03 bits per heavy atom. The standard InChI is InChI=1S/C25H31N3O4S/c1-17-10-12-27(13-11-17)33(31,32)22-7-5-21(6-8-22)26-25(30)20-15-24(29)28(16-20)23-9-4-18(2)14-19(23)3/h4-9,14,17,20H,10-13,15-16H2,1-3H3,(H,26,30). The average molecular weight is 470 g/mol. The largest absolute Gasteiger partial charge is 0.326 e. The Bertz CT molecular complexity index is 1150. The van der Waals surface area contributed by atoms with Crippen LogP contribution in [0.25, 0.3) is 0 Å². The molecule has 2 amide bonds. The van der Waals surface area contributed by atoms with Crippen molar-refractivity contribution in [3.05, 3.63) is 53.6 Å². The molecule has 0 aliphatic carbocycles. The quantitative estimate of drug-likeness (QED) is 0.723. The summed E-state index contributed by atoms with van der Waals surface area (Å²) >= 11 is 0. The topological polar surface area (TPSA) is 86.8 Å². The molecule has 2 fully saturated rings. The van der Waals surface area contributed by atoms with Gasteiger partial charge >= 0.3 is 0 Å². The Morgan fingerprint density at radius 2 is 1.70 bits per heavy atom. The number of carbonyl (C=O) groups excluding carboxylic acids is 2. The molecule has 0 bridgehead atoms. The maximum absolute atomic E-state index is 12.9. The molecule has 2 aliphatic heterocycles. The molecular formula is C25H31N3O4S. The van der Waals surface area contributed by atoms with E-state index in [1.54, 1.807) is 17.0 Å². The molecule has 2 aromatic rings. The predicted molar refractivity (Wildman–Crippen MR) is 129 cm³/mol. The van der Waals surface area contributed by atoms with Gasteiger partial charge in [-0.05, 0) is 68.5 Å². The molecule has 1 atom stereocenters. The molecule has 2 aromatic carbocycles. The smallest absolute Gasteiger partial charge is 0.243 e. The van der Waals surface area contributed by atoms with Gasteiger partial charge in [0, 0.05) is 37.4 Å². The van der Waals surface area contributed by atoms with Gasteiger partial charge in [-0.1, -0.05) is 24.6 Å². The number of anilines is 2. The fraction of sp³-hybridized carbons (Fsp3) is 0.440. The van der Waals surface area contributed by atoms with Crippen LogP contribution in [0.1, 0.15) is 37.3 Å². The van der Waals surface area contributed by atoms with Crippen molar-refractivity contribution in [3.8, 4) is 0 Å². The highest BCUT2D eigenvalue weighted by Gasteiger charge is 2.36. The number of amides is 2. The zero-order valence-corrected chi connectivity index (χ0v) is 20.2. The molecule has 2 aliphatic rings. The van der Waals surface area contributed by atoms with Gasteiger partial charge in [0.15, 0.2) is 0 Å². The Labute approximate surface area is 195 Å². The van der Waals surface area contributed by atoms with E-state index in [0.29, 0.717) is 31.2 Å². The van der Waals surface area contributed by atoms with Crippen LogP contribution < -0.4 is 10.2 Å². The van der Waals surface area contributed by atoms with Crippen LogP contribution in [0.4, 0.5) is 11.4 Å². The summed E-state index contributed by atoms with van der Waals surface area (Å²) in [5.74, 6) is -0.227. The zero-order valence-electron chi connectivity index (χ0n) is 19.4. The molecule has 2 saturated heterocycles. The number of sulfonamides is 1. The van der Waals surface area contributed by atoms with Gasteiger partial charge in [0.1, 0.15) is 0 Å². The van der Waals surface area contributed by atoms with E-state index in [4.69, 9.17) is 0 Å². The summed E-state index contributed by atoms with van der Waals surface area (Å²) in [5, 5.41) is 2.84. The van der Waals surface area contributed by atoms with Crippen LogP contribution in [0.2, 0.25) is 0 Å². The first kappa shape index (κ1) is 23.4. The molecule has 33 heavy (non-hydrogen) atoms. The first-order valence-corrected chi connectivity index (χ1v) is 12.9. The monoisotopic (exact) mass is 469 g/mol. The van der Waals surface area contributed by atoms with E-state index in [1.807, 2.05) is 32.0 Å². The van der Waals surface area contributed by atoms with E-state index in [1.165, 1.54) is 16.4 Å². The van der Waals surface area contributed by atoms with E-state index >= 15 is 0 Å². The lowest BCUT2D eigenvalue weighted by Gasteiger charge is -2.29. The van der Waals surface area contributed by atoms with E-state index in [-0.39, 0.29) is 23.1 Å². The van der Waals surface area contributed by atoms with Gasteiger partial charge in [-0.15, -0.1) is 0 Å². The van der Waals surface area contributed by atoms with Crippen molar-refractivity contribution in [2.24, 2.45) is 11.8 Å². The molecule has 4 rings (SSSR count). The highest BCUT2D eigenvalue weighted by atomic mass is 32.2. The lowest BCUT2D eigenvalue weighted by atomic mass is 10.0. The Kier molecular flexibility index (Phi) is 6.59. The summed E-state index contributed by atoms with van der Waals surface area (Å²) < 4.78 is 27.3. The van der Waals surface area contributed by atoms with Crippen LogP contribution in [0.3, 0.4) is 0 Å². The molecule has 1 N–H and O–H groups in total. The third-order valence-electron chi connectivity index (χ3n) is 6.64. The summed E-state index contributed by atoms with van der Waals surface area (Å²) in [6.45, 7) is 7.50. The maximum Gasteiger partial charge on any atom is 0.243 e. The normalized spacial score (nSPS) is 20.3. The molecule has 2 heterocycles. The van der Waals surface area contributed by atoms with Crippen molar-refractivity contribution < 1.29 is 18.0 Å². The lowest BCUT2D eigenvalue weighted by Crippen LogP contribution is -2.37. The second-order valence-electron chi connectivity index (χ2n) is 9.30. The summed E-state index contributed by atoms with van der Waals surface area (Å²) in [5.41, 5.74) is 3.48. The summed E-state index contributed by atoms with van der Waals surface area (Å²) in [6, 6.07) is 12.2. The molecule has 0 radical (unpaired) electrons. The Morgan fingerprint density at radius 3 is 2.33 bits per heavy atom. The molecule has 1 unspecified atom stereocenters. The number of nitrogens with zero attached hydrogens (tertiary/aromatic N) is 2. The average Bonchev–Trinajstić information content (AvgIpc) is 3.16. The van der Waals surface area contributed by atoms with Gasteiger partial charge in [0.2, 0.25) is 21.8 Å². The van der Waals surface area contributed by atoms with Crippen molar-refractivity contribution in [1.82, 2.24) is 4.31 Å². The van der Waals surface area contributed by atoms with E-state index < -0.39 is 15.9 Å². The van der Waals surface area contributed by atoms with E-state index in [2.05, 4.69) is 12.2 Å². The summed E-state index contributed by atoms with van der Waals surface area (Å²) in [4.78, 5) is 27.3. The maximum atomic E-state index is 12.9. The van der Waals surface area contributed by atoms with Gasteiger partial charge in [-0.25, -0.2) is 8.42 Å². The zero-order chi connectivity index (χ0) is 23.8. The minimum absolute atomic E-state index is 0.0700. The molecule has 8 heteroatoms. The molecular weight excluding hydrogens is 438 g/mol. The lowest BCUT2D eigenvalue weighted by molar-refractivity contribution is -0.122. The van der Waals surface area contributed by atoms with Crippen molar-refractivity contribution in [2.75, 3.05) is 29.9 Å². The number of carbonyl (C=O) groups is 2. The third kappa shape index (κ3) is 4.96. The SMILES string of the molecule is Cc1ccc(N2CC(C(=O)Nc3ccc(S(=O)(=O)N4CCC(C)CC4)cc3)CC2=O)c(C)c1. The van der Waals surface area contributed by atoms with E-state index in [0.717, 1.165) is 29.7 Å². The highest BCUT2D eigenvalue weighted by molar-refractivity contribution is 7.89. The van der Waals surface area contributed by atoms with Crippen LogP contribution >= 0.6 is 0 Å². The van der Waals surface area contributed by atoms with Crippen molar-refractivity contribution >= 4 is 33.2 Å². The van der Waals surface area contributed by atoms with Gasteiger partial charge in [-0.3, -0.25) is 9.59 Å². The van der Waals surface area contributed by atoms with Crippen molar-refractivity contribution in [2.45, 2.75) is 44.9 Å². The number of rotatable bonds is 5. The first-order chi connectivity index (χ1) is 15.6. The second kappa shape index (κ2) is 9.27. The van der Waals surface area contributed by atoms with Gasteiger partial charge in [0.05, 0.1) is 10.8 Å². The third-order valence-corrected chi connectivity index (χ3v) is 8.55. The van der Waals surface area contributed by atoms with Crippen molar-refractivity contribution in [1.29, 1.82) is 0 Å². The molecule has 0 aromatic heterocycles. The number of aryl methyl sites for hydroxylation is 2. The van der Waals surface area contributed by atoms with Crippen LogP contribution in [0.5, 0.6) is 0 Å². The van der Waals surface area contributed by atoms with Crippen LogP contribution in [0.15, 0.2) is 47.4 Å². The summed E-state index contributed by atoms with van der Waals surface area (Å²) in [7, 11) is -3.53. The number of benzene rings is 2. The molecule has 176 valence electrons. The number of nitrogens with one attached hydrogen (secondary N) is 1. The van der Waals surface area contributed by atoms with Crippen molar-refractivity contribution in [3.63, 3.8) is 0 Å². The second-order valence-corrected chi connectivity index (χ2v) is 11.2. The van der Waals surface area contributed by atoms with Crippen LogP contribution in [-0.4, -0.2) is 44.2 Å². The van der Waals surface area contributed by atoms with Gasteiger partial charge in [-0.2, -0.15) is 4.31 Å². The Balaban J connectivity index is 1.40. The predicted octanol–water partition coefficient (Wildman–Crippen LogP) is 3.72. The van der Waals surface area contributed by atoms with Gasteiger partial charge < -0.3 is 10.2 Å². The van der Waals surface area contributed by atoms with Gasteiger partial charge in [0.25, 0.3) is 0 Å². The summed E-state index contributed by atoms with van der Waals surface area (Å²) in [6.07, 6.45) is 1.89. The fourth-order valence-corrected chi connectivity index (χ4v) is 6.02. The minimum atomic E-state index is -3.53. The number of hydrogen-bond acceptors (Lipinski definition) is 4. The molecule has 0 saturated carbocycles. The molecule has 7 nitrogen and oxygen atoms in total. The number of piperidine rings is 1. The Hall–Kier alpha value is -2.71. The fourth-order valence-electron chi connectivity index (χ4n) is 4.55. The van der Waals surface area contributed by atoms with E-state index in [9.17, 15) is 18.0 Å². The number of hydrogen-bond donors (Lipinski definition) is 1. The first-order valence-electron chi connectivity index (χ1n) is 11.4. The minimum Gasteiger partial charge on any atom is -0.326 e.